The zero-order valence-corrected chi connectivity index (χ0v) is 10.8. The fraction of sp³-hybridized carbons (Fsp3) is 0.714. The van der Waals surface area contributed by atoms with Gasteiger partial charge in [0.25, 0.3) is 0 Å². The Morgan fingerprint density at radius 3 is 2.33 bits per heavy atom. The predicted molar refractivity (Wildman–Crippen MR) is 72.5 cm³/mol. The van der Waals surface area contributed by atoms with Crippen LogP contribution >= 0.6 is 0 Å². The van der Waals surface area contributed by atoms with Gasteiger partial charge in [0.2, 0.25) is 0 Å². The zero-order chi connectivity index (χ0) is 12.4. The summed E-state index contributed by atoms with van der Waals surface area (Å²) >= 11 is 0. The highest BCUT2D eigenvalue weighted by Gasteiger charge is 2.22. The Labute approximate surface area is 108 Å². The maximum absolute atomic E-state index is 5.91. The maximum atomic E-state index is 5.91. The van der Waals surface area contributed by atoms with E-state index in [4.69, 9.17) is 5.73 Å². The molecule has 3 rings (SSSR count). The van der Waals surface area contributed by atoms with Gasteiger partial charge in [0, 0.05) is 18.0 Å². The highest BCUT2D eigenvalue weighted by Crippen LogP contribution is 2.35. The Bertz CT molecular complexity index is 377. The first-order valence-corrected chi connectivity index (χ1v) is 7.17. The molecule has 3 N–H and O–H groups in total. The van der Waals surface area contributed by atoms with E-state index in [1.165, 1.54) is 19.3 Å². The van der Waals surface area contributed by atoms with E-state index in [-0.39, 0.29) is 0 Å². The summed E-state index contributed by atoms with van der Waals surface area (Å²) in [6.07, 6.45) is 8.43. The molecule has 2 saturated carbocycles. The minimum atomic E-state index is 0.398. The third kappa shape index (κ3) is 2.64. The summed E-state index contributed by atoms with van der Waals surface area (Å²) < 4.78 is 0. The molecule has 18 heavy (non-hydrogen) atoms. The van der Waals surface area contributed by atoms with Crippen LogP contribution < -0.4 is 11.1 Å². The number of nitrogens with zero attached hydrogens (tertiary/aromatic N) is 2. The lowest BCUT2D eigenvalue weighted by Gasteiger charge is -2.27. The summed E-state index contributed by atoms with van der Waals surface area (Å²) in [5, 5.41) is 12.1. The first-order chi connectivity index (χ1) is 8.81. The molecule has 98 valence electrons. The lowest BCUT2D eigenvalue weighted by molar-refractivity contribution is 0.405. The van der Waals surface area contributed by atoms with Gasteiger partial charge in [-0.25, -0.2) is 0 Å². The molecule has 2 aliphatic rings. The summed E-state index contributed by atoms with van der Waals surface area (Å²) in [5.41, 5.74) is 7.07. The summed E-state index contributed by atoms with van der Waals surface area (Å²) in [5.74, 6) is 1.58. The van der Waals surface area contributed by atoms with Crippen LogP contribution in [-0.2, 0) is 0 Å². The second-order valence-corrected chi connectivity index (χ2v) is 5.73. The van der Waals surface area contributed by atoms with E-state index in [9.17, 15) is 0 Å². The standard InChI is InChI=1S/C14H22N4/c15-11-4-6-12(7-5-11)16-14-9-8-13(17-18-14)10-2-1-3-10/h8-12H,1-7,15H2,(H,16,18). The van der Waals surface area contributed by atoms with Gasteiger partial charge in [0.15, 0.2) is 0 Å². The van der Waals surface area contributed by atoms with E-state index in [1.807, 2.05) is 0 Å². The first kappa shape index (κ1) is 11.9. The summed E-state index contributed by atoms with van der Waals surface area (Å²) in [6, 6.07) is 5.13. The Morgan fingerprint density at radius 1 is 1.00 bits per heavy atom. The zero-order valence-electron chi connectivity index (χ0n) is 10.8. The number of rotatable bonds is 3. The molecular formula is C14H22N4. The molecule has 1 aromatic heterocycles. The van der Waals surface area contributed by atoms with Crippen molar-refractivity contribution in [2.24, 2.45) is 5.73 Å². The molecule has 0 radical (unpaired) electrons. The van der Waals surface area contributed by atoms with Gasteiger partial charge in [-0.1, -0.05) is 6.42 Å². The Morgan fingerprint density at radius 2 is 1.78 bits per heavy atom. The smallest absolute Gasteiger partial charge is 0.148 e. The lowest BCUT2D eigenvalue weighted by Crippen LogP contribution is -2.33. The number of aromatic nitrogens is 2. The molecule has 0 atom stereocenters. The molecule has 4 nitrogen and oxygen atoms in total. The van der Waals surface area contributed by atoms with Gasteiger partial charge >= 0.3 is 0 Å². The van der Waals surface area contributed by atoms with Crippen molar-refractivity contribution in [2.75, 3.05) is 5.32 Å². The first-order valence-electron chi connectivity index (χ1n) is 7.17. The molecule has 0 amide bonds. The number of anilines is 1. The van der Waals surface area contributed by atoms with E-state index in [1.54, 1.807) is 0 Å². The Hall–Kier alpha value is -1.16. The monoisotopic (exact) mass is 246 g/mol. The Balaban J connectivity index is 1.56. The average molecular weight is 246 g/mol. The van der Waals surface area contributed by atoms with Gasteiger partial charge in [0.1, 0.15) is 5.82 Å². The van der Waals surface area contributed by atoms with Crippen LogP contribution in [0.2, 0.25) is 0 Å². The molecule has 0 bridgehead atoms. The highest BCUT2D eigenvalue weighted by atomic mass is 15.2. The van der Waals surface area contributed by atoms with Gasteiger partial charge in [-0.05, 0) is 50.7 Å². The van der Waals surface area contributed by atoms with E-state index < -0.39 is 0 Å². The molecule has 0 aromatic carbocycles. The van der Waals surface area contributed by atoms with E-state index in [0.717, 1.165) is 37.2 Å². The molecular weight excluding hydrogens is 224 g/mol. The summed E-state index contributed by atoms with van der Waals surface area (Å²) in [7, 11) is 0. The molecule has 0 aliphatic heterocycles. The van der Waals surface area contributed by atoms with Crippen molar-refractivity contribution in [2.45, 2.75) is 62.9 Å². The number of hydrogen-bond donors (Lipinski definition) is 2. The van der Waals surface area contributed by atoms with Crippen LogP contribution in [0.4, 0.5) is 5.82 Å². The second kappa shape index (κ2) is 5.22. The summed E-state index contributed by atoms with van der Waals surface area (Å²) in [4.78, 5) is 0. The fourth-order valence-electron chi connectivity index (χ4n) is 2.81. The second-order valence-electron chi connectivity index (χ2n) is 5.73. The van der Waals surface area contributed by atoms with Crippen molar-refractivity contribution in [1.82, 2.24) is 10.2 Å². The fourth-order valence-corrected chi connectivity index (χ4v) is 2.81. The van der Waals surface area contributed by atoms with E-state index in [0.29, 0.717) is 18.0 Å². The van der Waals surface area contributed by atoms with Crippen LogP contribution in [0.1, 0.15) is 56.6 Å². The van der Waals surface area contributed by atoms with Crippen LogP contribution in [0, 0.1) is 0 Å². The molecule has 0 spiro atoms. The number of hydrogen-bond acceptors (Lipinski definition) is 4. The minimum Gasteiger partial charge on any atom is -0.366 e. The largest absolute Gasteiger partial charge is 0.366 e. The van der Waals surface area contributed by atoms with Crippen molar-refractivity contribution >= 4 is 5.82 Å². The normalized spacial score (nSPS) is 28.7. The minimum absolute atomic E-state index is 0.398. The van der Waals surface area contributed by atoms with Crippen LogP contribution in [-0.4, -0.2) is 22.3 Å². The lowest BCUT2D eigenvalue weighted by atomic mass is 9.83. The van der Waals surface area contributed by atoms with Crippen molar-refractivity contribution in [3.63, 3.8) is 0 Å². The van der Waals surface area contributed by atoms with Gasteiger partial charge in [-0.3, -0.25) is 0 Å². The Kier molecular flexibility index (Phi) is 3.46. The average Bonchev–Trinajstić information content (AvgIpc) is 2.32. The van der Waals surface area contributed by atoms with Crippen LogP contribution in [0.15, 0.2) is 12.1 Å². The van der Waals surface area contributed by atoms with Crippen molar-refractivity contribution in [1.29, 1.82) is 0 Å². The molecule has 4 heteroatoms. The van der Waals surface area contributed by atoms with Crippen LogP contribution in [0.5, 0.6) is 0 Å². The summed E-state index contributed by atoms with van der Waals surface area (Å²) in [6.45, 7) is 0. The van der Waals surface area contributed by atoms with E-state index >= 15 is 0 Å². The van der Waals surface area contributed by atoms with Crippen LogP contribution in [0.3, 0.4) is 0 Å². The molecule has 2 fully saturated rings. The predicted octanol–water partition coefficient (Wildman–Crippen LogP) is 2.43. The van der Waals surface area contributed by atoms with E-state index in [2.05, 4.69) is 27.6 Å². The molecule has 2 aliphatic carbocycles. The van der Waals surface area contributed by atoms with Crippen molar-refractivity contribution in [3.8, 4) is 0 Å². The SMILES string of the molecule is NC1CCC(Nc2ccc(C3CCC3)nn2)CC1. The molecule has 0 unspecified atom stereocenters. The molecule has 1 aromatic rings. The van der Waals surface area contributed by atoms with Crippen LogP contribution in [0.25, 0.3) is 0 Å². The molecule has 1 heterocycles. The van der Waals surface area contributed by atoms with Gasteiger partial charge in [-0.2, -0.15) is 5.10 Å². The molecule has 0 saturated heterocycles. The van der Waals surface area contributed by atoms with Gasteiger partial charge in [-0.15, -0.1) is 5.10 Å². The third-order valence-corrected chi connectivity index (χ3v) is 4.33. The maximum Gasteiger partial charge on any atom is 0.148 e. The number of nitrogens with one attached hydrogen (secondary N) is 1. The van der Waals surface area contributed by atoms with Gasteiger partial charge < -0.3 is 11.1 Å². The quantitative estimate of drug-likeness (QED) is 0.859. The number of nitrogens with two attached hydrogens (primary N) is 1. The van der Waals surface area contributed by atoms with Crippen molar-refractivity contribution < 1.29 is 0 Å². The van der Waals surface area contributed by atoms with Gasteiger partial charge in [0.05, 0.1) is 5.69 Å². The highest BCUT2D eigenvalue weighted by molar-refractivity contribution is 5.35. The third-order valence-electron chi connectivity index (χ3n) is 4.33. The topological polar surface area (TPSA) is 63.8 Å². The van der Waals surface area contributed by atoms with Crippen molar-refractivity contribution in [3.05, 3.63) is 17.8 Å².